The van der Waals surface area contributed by atoms with Crippen LogP contribution in [0.4, 0.5) is 0 Å². The largest absolute Gasteiger partial charge is 0.463 e. The van der Waals surface area contributed by atoms with Gasteiger partial charge in [-0.15, -0.1) is 6.58 Å². The fourth-order valence-corrected chi connectivity index (χ4v) is 1.44. The Labute approximate surface area is 115 Å². The number of rotatable bonds is 6. The van der Waals surface area contributed by atoms with Crippen molar-refractivity contribution < 1.29 is 9.53 Å². The van der Waals surface area contributed by atoms with Crippen molar-refractivity contribution in [3.63, 3.8) is 0 Å². The SMILES string of the molecule is C=CC(COC(=O)C(C)(C)C)NCc1ccccc1. The Morgan fingerprint density at radius 2 is 2.00 bits per heavy atom. The third-order valence-electron chi connectivity index (χ3n) is 2.70. The van der Waals surface area contributed by atoms with Crippen LogP contribution in [0.3, 0.4) is 0 Å². The van der Waals surface area contributed by atoms with Gasteiger partial charge >= 0.3 is 5.97 Å². The Morgan fingerprint density at radius 3 is 2.53 bits per heavy atom. The van der Waals surface area contributed by atoms with Gasteiger partial charge in [-0.2, -0.15) is 0 Å². The van der Waals surface area contributed by atoms with Gasteiger partial charge in [0.2, 0.25) is 0 Å². The number of carbonyl (C=O) groups is 1. The molecule has 0 amide bonds. The van der Waals surface area contributed by atoms with Gasteiger partial charge in [0.1, 0.15) is 6.61 Å². The molecule has 0 aliphatic rings. The quantitative estimate of drug-likeness (QED) is 0.632. The minimum absolute atomic E-state index is 0.0356. The maximum atomic E-state index is 11.7. The molecule has 0 radical (unpaired) electrons. The first-order chi connectivity index (χ1) is 8.93. The minimum atomic E-state index is -0.467. The monoisotopic (exact) mass is 261 g/mol. The van der Waals surface area contributed by atoms with Crippen molar-refractivity contribution in [2.24, 2.45) is 5.41 Å². The van der Waals surface area contributed by atoms with Crippen LogP contribution in [0.15, 0.2) is 43.0 Å². The molecule has 0 aliphatic heterocycles. The summed E-state index contributed by atoms with van der Waals surface area (Å²) in [6.45, 7) is 10.3. The van der Waals surface area contributed by atoms with Gasteiger partial charge in [-0.3, -0.25) is 4.79 Å². The number of hydrogen-bond donors (Lipinski definition) is 1. The zero-order valence-corrected chi connectivity index (χ0v) is 12.0. The van der Waals surface area contributed by atoms with E-state index in [4.69, 9.17) is 4.74 Å². The summed E-state index contributed by atoms with van der Waals surface area (Å²) in [5.74, 6) is -0.194. The first-order valence-corrected chi connectivity index (χ1v) is 6.50. The zero-order chi connectivity index (χ0) is 14.3. The van der Waals surface area contributed by atoms with Crippen molar-refractivity contribution in [2.75, 3.05) is 6.61 Å². The Kier molecular flexibility index (Phi) is 5.77. The summed E-state index contributed by atoms with van der Waals surface area (Å²) in [5, 5.41) is 3.30. The highest BCUT2D eigenvalue weighted by Gasteiger charge is 2.23. The molecule has 0 aliphatic carbocycles. The van der Waals surface area contributed by atoms with Crippen LogP contribution >= 0.6 is 0 Å². The lowest BCUT2D eigenvalue weighted by Gasteiger charge is -2.20. The highest BCUT2D eigenvalue weighted by atomic mass is 16.5. The molecule has 104 valence electrons. The molecule has 19 heavy (non-hydrogen) atoms. The van der Waals surface area contributed by atoms with Gasteiger partial charge in [0.15, 0.2) is 0 Å². The zero-order valence-electron chi connectivity index (χ0n) is 12.0. The first kappa shape index (κ1) is 15.4. The number of ether oxygens (including phenoxy) is 1. The second-order valence-corrected chi connectivity index (χ2v) is 5.56. The molecule has 0 heterocycles. The summed E-state index contributed by atoms with van der Waals surface area (Å²) in [6, 6.07) is 10.0. The average Bonchev–Trinajstić information content (AvgIpc) is 2.38. The van der Waals surface area contributed by atoms with Crippen LogP contribution in [0.2, 0.25) is 0 Å². The van der Waals surface area contributed by atoms with Gasteiger partial charge in [-0.1, -0.05) is 36.4 Å². The lowest BCUT2D eigenvalue weighted by atomic mass is 9.97. The molecule has 0 saturated carbocycles. The van der Waals surface area contributed by atoms with Crippen molar-refractivity contribution in [1.29, 1.82) is 0 Å². The summed E-state index contributed by atoms with van der Waals surface area (Å²) in [6.07, 6.45) is 1.76. The third kappa shape index (κ3) is 5.71. The molecule has 1 atom stereocenters. The standard InChI is InChI=1S/C16H23NO2/c1-5-14(12-19-15(18)16(2,3)4)17-11-13-9-7-6-8-10-13/h5-10,14,17H,1,11-12H2,2-4H3. The van der Waals surface area contributed by atoms with E-state index in [1.165, 1.54) is 5.56 Å². The molecule has 1 aromatic rings. The molecule has 0 fully saturated rings. The summed E-state index contributed by atoms with van der Waals surface area (Å²) in [5.41, 5.74) is 0.724. The maximum absolute atomic E-state index is 11.7. The van der Waals surface area contributed by atoms with Crippen LogP contribution in [0, 0.1) is 5.41 Å². The average molecular weight is 261 g/mol. The van der Waals surface area contributed by atoms with E-state index in [9.17, 15) is 4.79 Å². The molecule has 3 nitrogen and oxygen atoms in total. The molecule has 1 rings (SSSR count). The van der Waals surface area contributed by atoms with Crippen LogP contribution in [-0.4, -0.2) is 18.6 Å². The Bertz CT molecular complexity index is 407. The number of esters is 1. The second-order valence-electron chi connectivity index (χ2n) is 5.56. The fraction of sp³-hybridized carbons (Fsp3) is 0.438. The van der Waals surface area contributed by atoms with E-state index in [1.807, 2.05) is 51.1 Å². The van der Waals surface area contributed by atoms with E-state index >= 15 is 0 Å². The maximum Gasteiger partial charge on any atom is 0.311 e. The molecule has 3 heteroatoms. The van der Waals surface area contributed by atoms with Gasteiger partial charge in [0.05, 0.1) is 11.5 Å². The van der Waals surface area contributed by atoms with Gasteiger partial charge in [-0.25, -0.2) is 0 Å². The van der Waals surface area contributed by atoms with Gasteiger partial charge in [0.25, 0.3) is 0 Å². The Morgan fingerprint density at radius 1 is 1.37 bits per heavy atom. The van der Waals surface area contributed by atoms with Crippen molar-refractivity contribution in [3.05, 3.63) is 48.6 Å². The topological polar surface area (TPSA) is 38.3 Å². The van der Waals surface area contributed by atoms with E-state index in [0.29, 0.717) is 6.61 Å². The number of nitrogens with one attached hydrogen (secondary N) is 1. The lowest BCUT2D eigenvalue weighted by molar-refractivity contribution is -0.153. The molecule has 1 N–H and O–H groups in total. The fourth-order valence-electron chi connectivity index (χ4n) is 1.44. The molecule has 0 saturated heterocycles. The number of carbonyl (C=O) groups excluding carboxylic acids is 1. The lowest BCUT2D eigenvalue weighted by Crippen LogP contribution is -2.34. The Balaban J connectivity index is 2.38. The number of benzene rings is 1. The van der Waals surface area contributed by atoms with Crippen LogP contribution in [0.1, 0.15) is 26.3 Å². The van der Waals surface area contributed by atoms with Crippen molar-refractivity contribution >= 4 is 5.97 Å². The predicted octanol–water partition coefficient (Wildman–Crippen LogP) is 2.92. The molecule has 0 bridgehead atoms. The predicted molar refractivity (Wildman–Crippen MR) is 77.7 cm³/mol. The first-order valence-electron chi connectivity index (χ1n) is 6.50. The Hall–Kier alpha value is -1.61. The van der Waals surface area contributed by atoms with E-state index < -0.39 is 5.41 Å². The molecule has 0 spiro atoms. The van der Waals surface area contributed by atoms with Gasteiger partial charge in [0, 0.05) is 6.54 Å². The van der Waals surface area contributed by atoms with Crippen LogP contribution in [0.5, 0.6) is 0 Å². The van der Waals surface area contributed by atoms with E-state index in [2.05, 4.69) is 11.9 Å². The summed E-state index contributed by atoms with van der Waals surface area (Å²) < 4.78 is 5.28. The highest BCUT2D eigenvalue weighted by Crippen LogP contribution is 2.15. The number of hydrogen-bond acceptors (Lipinski definition) is 3. The summed E-state index contributed by atoms with van der Waals surface area (Å²) in [7, 11) is 0. The van der Waals surface area contributed by atoms with Crippen LogP contribution < -0.4 is 5.32 Å². The molecule has 1 aromatic carbocycles. The normalized spacial score (nSPS) is 12.8. The summed E-state index contributed by atoms with van der Waals surface area (Å²) in [4.78, 5) is 11.7. The third-order valence-corrected chi connectivity index (χ3v) is 2.70. The van der Waals surface area contributed by atoms with E-state index in [0.717, 1.165) is 6.54 Å². The van der Waals surface area contributed by atoms with E-state index in [-0.39, 0.29) is 12.0 Å². The van der Waals surface area contributed by atoms with Crippen molar-refractivity contribution in [2.45, 2.75) is 33.4 Å². The second kappa shape index (κ2) is 7.10. The highest BCUT2D eigenvalue weighted by molar-refractivity contribution is 5.75. The molecule has 1 unspecified atom stereocenters. The van der Waals surface area contributed by atoms with Crippen molar-refractivity contribution in [3.8, 4) is 0 Å². The molecule has 0 aromatic heterocycles. The molecular formula is C16H23NO2. The van der Waals surface area contributed by atoms with Crippen LogP contribution in [-0.2, 0) is 16.1 Å². The smallest absolute Gasteiger partial charge is 0.311 e. The van der Waals surface area contributed by atoms with E-state index in [1.54, 1.807) is 6.08 Å². The van der Waals surface area contributed by atoms with Gasteiger partial charge in [-0.05, 0) is 26.3 Å². The van der Waals surface area contributed by atoms with Crippen LogP contribution in [0.25, 0.3) is 0 Å². The van der Waals surface area contributed by atoms with Crippen molar-refractivity contribution in [1.82, 2.24) is 5.32 Å². The molecular weight excluding hydrogens is 238 g/mol. The van der Waals surface area contributed by atoms with Gasteiger partial charge < -0.3 is 10.1 Å². The summed E-state index contributed by atoms with van der Waals surface area (Å²) >= 11 is 0. The minimum Gasteiger partial charge on any atom is -0.463 e.